The maximum absolute atomic E-state index is 7.01. The van der Waals surface area contributed by atoms with Crippen molar-refractivity contribution in [2.24, 2.45) is 0 Å². The highest BCUT2D eigenvalue weighted by Gasteiger charge is 2.25. The van der Waals surface area contributed by atoms with Crippen molar-refractivity contribution in [3.05, 3.63) is 143 Å². The fourth-order valence-corrected chi connectivity index (χ4v) is 8.43. The summed E-state index contributed by atoms with van der Waals surface area (Å²) in [5.41, 5.74) is 13.9. The maximum atomic E-state index is 7.01. The summed E-state index contributed by atoms with van der Waals surface area (Å²) in [6.07, 6.45) is 1.94. The van der Waals surface area contributed by atoms with Crippen molar-refractivity contribution in [1.82, 2.24) is 9.55 Å². The number of rotatable bonds is 7. The summed E-state index contributed by atoms with van der Waals surface area (Å²) < 4.78 is 9.32. The molecule has 65 heavy (non-hydrogen) atoms. The molecule has 342 valence electrons. The van der Waals surface area contributed by atoms with Gasteiger partial charge in [0.15, 0.2) is 0 Å². The number of hydrogen-bond acceptors (Lipinski definition) is 4. The van der Waals surface area contributed by atoms with Crippen LogP contribution in [-0.4, -0.2) is 16.6 Å². The molecule has 0 aliphatic heterocycles. The second-order valence-corrected chi connectivity index (χ2v) is 24.7. The zero-order chi connectivity index (χ0) is 47.8. The van der Waals surface area contributed by atoms with E-state index >= 15 is 0 Å². The molecule has 0 fully saturated rings. The first kappa shape index (κ1) is 47.4. The largest absolute Gasteiger partial charge is 0.457 e. The zero-order valence-corrected chi connectivity index (χ0v) is 43.1. The van der Waals surface area contributed by atoms with Crippen molar-refractivity contribution in [2.45, 2.75) is 157 Å². The van der Waals surface area contributed by atoms with E-state index in [2.05, 4.69) is 250 Å². The number of hydrogen-bond donors (Lipinski definition) is 1. The number of anilines is 4. The number of nitrogens with one attached hydrogen (secondary N) is 1. The third-order valence-corrected chi connectivity index (χ3v) is 13.0. The van der Waals surface area contributed by atoms with Crippen LogP contribution < -0.4 is 15.0 Å². The Hall–Kier alpha value is -5.55. The van der Waals surface area contributed by atoms with E-state index in [9.17, 15) is 0 Å². The third kappa shape index (κ3) is 10.2. The summed E-state index contributed by atoms with van der Waals surface area (Å²) in [7, 11) is 2.18. The molecule has 0 aliphatic rings. The number of aromatic nitrogens is 2. The van der Waals surface area contributed by atoms with Crippen molar-refractivity contribution in [3.8, 4) is 17.3 Å². The molecule has 0 saturated heterocycles. The van der Waals surface area contributed by atoms with Crippen LogP contribution in [0.1, 0.15) is 158 Å². The summed E-state index contributed by atoms with van der Waals surface area (Å²) in [5.74, 6) is 2.46. The maximum Gasteiger partial charge on any atom is 0.137 e. The molecule has 0 amide bonds. The van der Waals surface area contributed by atoms with Gasteiger partial charge in [0.05, 0.1) is 22.4 Å². The van der Waals surface area contributed by atoms with Gasteiger partial charge in [-0.3, -0.25) is 4.57 Å². The SMILES string of the molecule is CN(c1cc(Oc2ccc3c4cc(C(C)(C)C)ccc4n(-c4cc(C(C)(C)C)ccn4)c3c2)cc(C(C)(C)C)c1)c1cc(C(C)(C)C)ccc1Nc1cc(C(C)(C)C)cc(C(C)(C)C)c1. The standard InChI is InChI=1S/C60H76N4O/c1-55(2,3)38-21-25-51-49(33-38)48-23-22-46(37-52(48)64(51)54-35-40(26-27-61-54)57(7,8)9)65-47-32-43(60(16,17)18)31-45(36-47)63(19)53-34-39(56(4,5)6)20-24-50(53)62-44-29-41(58(10,11)12)28-42(30-44)59(13,14)15/h20-37,62H,1-19H3. The molecule has 7 rings (SSSR count). The predicted molar refractivity (Wildman–Crippen MR) is 282 cm³/mol. The molecule has 0 bridgehead atoms. The lowest BCUT2D eigenvalue weighted by molar-refractivity contribution is 0.479. The van der Waals surface area contributed by atoms with Crippen molar-refractivity contribution >= 4 is 44.6 Å². The quantitative estimate of drug-likeness (QED) is 0.173. The molecule has 5 aromatic carbocycles. The highest BCUT2D eigenvalue weighted by atomic mass is 16.5. The Balaban J connectivity index is 1.36. The van der Waals surface area contributed by atoms with Crippen molar-refractivity contribution in [2.75, 3.05) is 17.3 Å². The number of nitrogens with zero attached hydrogens (tertiary/aromatic N) is 3. The van der Waals surface area contributed by atoms with E-state index in [1.807, 2.05) is 6.20 Å². The van der Waals surface area contributed by atoms with Crippen LogP contribution in [0.4, 0.5) is 22.7 Å². The Bertz CT molecular complexity index is 2850. The molecule has 0 unspecified atom stereocenters. The first-order chi connectivity index (χ1) is 29.9. The second-order valence-electron chi connectivity index (χ2n) is 24.7. The molecule has 0 aliphatic carbocycles. The van der Waals surface area contributed by atoms with Gasteiger partial charge in [0.1, 0.15) is 17.3 Å². The van der Waals surface area contributed by atoms with Crippen molar-refractivity contribution in [3.63, 3.8) is 0 Å². The van der Waals surface area contributed by atoms with E-state index in [4.69, 9.17) is 9.72 Å². The molecule has 0 radical (unpaired) electrons. The van der Waals surface area contributed by atoms with E-state index < -0.39 is 0 Å². The normalized spacial score (nSPS) is 13.2. The van der Waals surface area contributed by atoms with Gasteiger partial charge >= 0.3 is 0 Å². The Morgan fingerprint density at radius 1 is 0.446 bits per heavy atom. The van der Waals surface area contributed by atoms with Gasteiger partial charge in [0, 0.05) is 47.5 Å². The van der Waals surface area contributed by atoms with E-state index in [0.29, 0.717) is 0 Å². The van der Waals surface area contributed by atoms with Crippen LogP contribution in [0.25, 0.3) is 27.6 Å². The second kappa shape index (κ2) is 16.4. The van der Waals surface area contributed by atoms with Crippen LogP contribution in [0.5, 0.6) is 11.5 Å². The van der Waals surface area contributed by atoms with Crippen LogP contribution in [-0.2, 0) is 32.5 Å². The molecule has 5 nitrogen and oxygen atoms in total. The molecule has 1 N–H and O–H groups in total. The van der Waals surface area contributed by atoms with Gasteiger partial charge in [0.25, 0.3) is 0 Å². The summed E-state index contributed by atoms with van der Waals surface area (Å²) >= 11 is 0. The number of fused-ring (bicyclic) bond motifs is 3. The molecule has 0 spiro atoms. The predicted octanol–water partition coefficient (Wildman–Crippen LogP) is 17.3. The first-order valence-electron chi connectivity index (χ1n) is 23.6. The van der Waals surface area contributed by atoms with Crippen molar-refractivity contribution < 1.29 is 4.74 Å². The molecule has 5 heteroatoms. The molecule has 7 aromatic rings. The third-order valence-electron chi connectivity index (χ3n) is 13.0. The minimum absolute atomic E-state index is 0.00229. The van der Waals surface area contributed by atoms with Gasteiger partial charge in [-0.1, -0.05) is 143 Å². The molecular formula is C60H76N4O. The number of ether oxygens (including phenoxy) is 1. The molecular weight excluding hydrogens is 793 g/mol. The lowest BCUT2D eigenvalue weighted by Gasteiger charge is -2.30. The summed E-state index contributed by atoms with van der Waals surface area (Å²) in [5, 5.41) is 6.30. The fraction of sp³-hybridized carbons (Fsp3) is 0.417. The van der Waals surface area contributed by atoms with Gasteiger partial charge in [-0.2, -0.15) is 0 Å². The van der Waals surface area contributed by atoms with Gasteiger partial charge in [-0.05, 0) is 139 Å². The monoisotopic (exact) mass is 869 g/mol. The van der Waals surface area contributed by atoms with Crippen LogP contribution in [0.15, 0.2) is 109 Å². The Labute approximate surface area is 391 Å². The summed E-state index contributed by atoms with van der Waals surface area (Å²) in [4.78, 5) is 7.29. The number of benzene rings is 5. The zero-order valence-electron chi connectivity index (χ0n) is 43.1. The van der Waals surface area contributed by atoms with E-state index in [1.165, 1.54) is 44.2 Å². The molecule has 2 heterocycles. The Kier molecular flexibility index (Phi) is 12.0. The van der Waals surface area contributed by atoms with E-state index in [0.717, 1.165) is 51.1 Å². The lowest BCUT2D eigenvalue weighted by atomic mass is 9.80. The highest BCUT2D eigenvalue weighted by Crippen LogP contribution is 2.43. The van der Waals surface area contributed by atoms with Crippen LogP contribution in [0.2, 0.25) is 0 Å². The Morgan fingerprint density at radius 2 is 0.985 bits per heavy atom. The van der Waals surface area contributed by atoms with Crippen LogP contribution >= 0.6 is 0 Å². The Morgan fingerprint density at radius 3 is 1.57 bits per heavy atom. The minimum Gasteiger partial charge on any atom is -0.457 e. The molecule has 2 aromatic heterocycles. The van der Waals surface area contributed by atoms with Gasteiger partial charge in [-0.15, -0.1) is 0 Å². The summed E-state index contributed by atoms with van der Waals surface area (Å²) in [6, 6.07) is 38.4. The fourth-order valence-electron chi connectivity index (χ4n) is 8.43. The molecule has 0 saturated carbocycles. The lowest BCUT2D eigenvalue weighted by Crippen LogP contribution is -2.18. The average Bonchev–Trinajstić information content (AvgIpc) is 3.51. The van der Waals surface area contributed by atoms with E-state index in [-0.39, 0.29) is 32.5 Å². The van der Waals surface area contributed by atoms with E-state index in [1.54, 1.807) is 0 Å². The molecule has 0 atom stereocenters. The number of pyridine rings is 1. The van der Waals surface area contributed by atoms with Gasteiger partial charge in [-0.25, -0.2) is 4.98 Å². The van der Waals surface area contributed by atoms with Crippen LogP contribution in [0, 0.1) is 0 Å². The average molecular weight is 869 g/mol. The smallest absolute Gasteiger partial charge is 0.137 e. The topological polar surface area (TPSA) is 42.3 Å². The van der Waals surface area contributed by atoms with Crippen LogP contribution in [0.3, 0.4) is 0 Å². The van der Waals surface area contributed by atoms with Crippen molar-refractivity contribution in [1.29, 1.82) is 0 Å². The minimum atomic E-state index is -0.134. The van der Waals surface area contributed by atoms with Gasteiger partial charge in [0.2, 0.25) is 0 Å². The van der Waals surface area contributed by atoms with Gasteiger partial charge < -0.3 is 15.0 Å². The highest BCUT2D eigenvalue weighted by molar-refractivity contribution is 6.09. The summed E-state index contributed by atoms with van der Waals surface area (Å²) in [6.45, 7) is 41.0. The first-order valence-corrected chi connectivity index (χ1v) is 23.6.